The molecule has 0 aliphatic heterocycles. The van der Waals surface area contributed by atoms with Gasteiger partial charge in [-0.15, -0.1) is 11.8 Å². The Morgan fingerprint density at radius 1 is 1.50 bits per heavy atom. The predicted molar refractivity (Wildman–Crippen MR) is 71.5 cm³/mol. The molecule has 0 aliphatic rings. The summed E-state index contributed by atoms with van der Waals surface area (Å²) in [6, 6.07) is 8.30. The van der Waals surface area contributed by atoms with Crippen molar-refractivity contribution in [1.29, 1.82) is 0 Å². The molecule has 0 spiro atoms. The second-order valence-electron chi connectivity index (χ2n) is 3.41. The van der Waals surface area contributed by atoms with Crippen molar-refractivity contribution in [2.45, 2.75) is 17.9 Å². The maximum Gasteiger partial charge on any atom is 0.0627 e. The van der Waals surface area contributed by atoms with Gasteiger partial charge in [0.05, 0.1) is 6.61 Å². The molecule has 1 rings (SSSR count). The van der Waals surface area contributed by atoms with Gasteiger partial charge >= 0.3 is 0 Å². The minimum atomic E-state index is 0.379. The molecule has 0 fully saturated rings. The fourth-order valence-corrected chi connectivity index (χ4v) is 2.53. The average molecular weight is 260 g/mol. The van der Waals surface area contributed by atoms with Gasteiger partial charge in [0.25, 0.3) is 0 Å². The molecular weight excluding hydrogens is 242 g/mol. The second-order valence-corrected chi connectivity index (χ2v) is 4.94. The molecule has 0 amide bonds. The van der Waals surface area contributed by atoms with E-state index in [2.05, 4.69) is 11.4 Å². The topological polar surface area (TPSA) is 21.3 Å². The van der Waals surface area contributed by atoms with Crippen molar-refractivity contribution in [3.8, 4) is 0 Å². The van der Waals surface area contributed by atoms with E-state index < -0.39 is 0 Å². The fraction of sp³-hybridized carbons (Fsp3) is 0.500. The molecule has 90 valence electrons. The van der Waals surface area contributed by atoms with Crippen LogP contribution in [0.15, 0.2) is 29.2 Å². The van der Waals surface area contributed by atoms with Gasteiger partial charge in [-0.2, -0.15) is 0 Å². The first-order valence-electron chi connectivity index (χ1n) is 5.39. The Morgan fingerprint density at radius 2 is 2.31 bits per heavy atom. The van der Waals surface area contributed by atoms with Crippen LogP contribution >= 0.6 is 23.4 Å². The molecule has 0 saturated carbocycles. The molecule has 2 nitrogen and oxygen atoms in total. The summed E-state index contributed by atoms with van der Waals surface area (Å²) < 4.78 is 5.40. The molecule has 1 N–H and O–H groups in total. The zero-order chi connectivity index (χ0) is 11.8. The number of benzene rings is 1. The van der Waals surface area contributed by atoms with Gasteiger partial charge in [-0.25, -0.2) is 0 Å². The van der Waals surface area contributed by atoms with Gasteiger partial charge < -0.3 is 10.1 Å². The third kappa shape index (κ3) is 5.21. The van der Waals surface area contributed by atoms with Crippen LogP contribution in [0.1, 0.15) is 6.92 Å². The number of nitrogens with one attached hydrogen (secondary N) is 1. The van der Waals surface area contributed by atoms with Crippen LogP contribution in [0, 0.1) is 0 Å². The number of thioether (sulfide) groups is 1. The lowest BCUT2D eigenvalue weighted by molar-refractivity contribution is 0.131. The van der Waals surface area contributed by atoms with E-state index in [1.807, 2.05) is 32.2 Å². The van der Waals surface area contributed by atoms with Crippen molar-refractivity contribution in [3.63, 3.8) is 0 Å². The Balaban J connectivity index is 2.37. The zero-order valence-electron chi connectivity index (χ0n) is 9.70. The molecule has 4 heteroatoms. The highest BCUT2D eigenvalue weighted by Crippen LogP contribution is 2.22. The molecule has 0 heterocycles. The molecule has 1 atom stereocenters. The summed E-state index contributed by atoms with van der Waals surface area (Å²) in [5, 5.41) is 4.03. The normalized spacial score (nSPS) is 12.7. The molecule has 0 bridgehead atoms. The number of hydrogen-bond donors (Lipinski definition) is 1. The quantitative estimate of drug-likeness (QED) is 0.761. The number of rotatable bonds is 7. The number of halogens is 1. The van der Waals surface area contributed by atoms with Gasteiger partial charge in [0.1, 0.15) is 0 Å². The predicted octanol–water partition coefficient (Wildman–Crippen LogP) is 3.06. The molecule has 0 saturated heterocycles. The Morgan fingerprint density at radius 3 is 2.94 bits per heavy atom. The first-order valence-corrected chi connectivity index (χ1v) is 6.76. The summed E-state index contributed by atoms with van der Waals surface area (Å²) >= 11 is 7.71. The molecule has 1 aromatic carbocycles. The van der Waals surface area contributed by atoms with Crippen molar-refractivity contribution in [3.05, 3.63) is 29.3 Å². The van der Waals surface area contributed by atoms with Crippen molar-refractivity contribution >= 4 is 23.4 Å². The third-order valence-corrected chi connectivity index (χ3v) is 3.57. The minimum absolute atomic E-state index is 0.379. The van der Waals surface area contributed by atoms with Crippen LogP contribution in [-0.4, -0.2) is 32.1 Å². The average Bonchev–Trinajstić information content (AvgIpc) is 2.29. The van der Waals surface area contributed by atoms with Gasteiger partial charge in [-0.05, 0) is 32.2 Å². The molecule has 1 aromatic rings. The van der Waals surface area contributed by atoms with Crippen molar-refractivity contribution in [2.24, 2.45) is 0 Å². The van der Waals surface area contributed by atoms with Gasteiger partial charge in [0.15, 0.2) is 0 Å². The van der Waals surface area contributed by atoms with Crippen LogP contribution in [0.3, 0.4) is 0 Å². The van der Waals surface area contributed by atoms with E-state index in [4.69, 9.17) is 16.3 Å². The number of ether oxygens (including phenoxy) is 1. The Hall–Kier alpha value is -0.220. The van der Waals surface area contributed by atoms with E-state index in [1.54, 1.807) is 11.8 Å². The van der Waals surface area contributed by atoms with E-state index in [0.717, 1.165) is 24.0 Å². The van der Waals surface area contributed by atoms with Gasteiger partial charge in [0.2, 0.25) is 0 Å². The van der Waals surface area contributed by atoms with Gasteiger partial charge in [-0.3, -0.25) is 0 Å². The smallest absolute Gasteiger partial charge is 0.0627 e. The fourth-order valence-electron chi connectivity index (χ4n) is 1.23. The van der Waals surface area contributed by atoms with Crippen LogP contribution < -0.4 is 5.32 Å². The Labute approximate surface area is 107 Å². The van der Waals surface area contributed by atoms with Crippen LogP contribution in [-0.2, 0) is 4.74 Å². The van der Waals surface area contributed by atoms with E-state index >= 15 is 0 Å². The maximum absolute atomic E-state index is 5.92. The van der Waals surface area contributed by atoms with E-state index in [1.165, 1.54) is 4.90 Å². The first-order chi connectivity index (χ1) is 7.76. The minimum Gasteiger partial charge on any atom is -0.380 e. The number of hydrogen-bond acceptors (Lipinski definition) is 3. The highest BCUT2D eigenvalue weighted by molar-refractivity contribution is 7.99. The summed E-state index contributed by atoms with van der Waals surface area (Å²) in [6.07, 6.45) is 0. The monoisotopic (exact) mass is 259 g/mol. The number of likely N-dealkylation sites (N-methyl/N-ethyl adjacent to an activating group) is 1. The largest absolute Gasteiger partial charge is 0.380 e. The summed E-state index contributed by atoms with van der Waals surface area (Å²) in [5.74, 6) is 0.983. The molecule has 0 radical (unpaired) electrons. The van der Waals surface area contributed by atoms with Crippen molar-refractivity contribution < 1.29 is 4.74 Å². The molecule has 0 aliphatic carbocycles. The Bertz CT molecular complexity index is 309. The summed E-state index contributed by atoms with van der Waals surface area (Å²) in [6.45, 7) is 3.53. The van der Waals surface area contributed by atoms with E-state index in [-0.39, 0.29) is 0 Å². The van der Waals surface area contributed by atoms with Crippen molar-refractivity contribution in [2.75, 3.05) is 26.0 Å². The molecule has 0 aromatic heterocycles. The highest BCUT2D eigenvalue weighted by atomic mass is 35.5. The van der Waals surface area contributed by atoms with Crippen LogP contribution in [0.5, 0.6) is 0 Å². The summed E-state index contributed by atoms with van der Waals surface area (Å²) in [7, 11) is 1.96. The zero-order valence-corrected chi connectivity index (χ0v) is 11.3. The first kappa shape index (κ1) is 13.8. The standard InChI is InChI=1S/C12H18ClNOS/c1-3-15-8-11(14-2)9-16-12-6-4-5-10(13)7-12/h4-7,11,14H,3,8-9H2,1-2H3. The highest BCUT2D eigenvalue weighted by Gasteiger charge is 2.06. The SMILES string of the molecule is CCOCC(CSc1cccc(Cl)c1)NC. The van der Waals surface area contributed by atoms with Gasteiger partial charge in [0, 0.05) is 28.3 Å². The van der Waals surface area contributed by atoms with Crippen LogP contribution in [0.2, 0.25) is 5.02 Å². The molecule has 16 heavy (non-hydrogen) atoms. The summed E-state index contributed by atoms with van der Waals surface area (Å²) in [5.41, 5.74) is 0. The lowest BCUT2D eigenvalue weighted by atomic mass is 10.4. The molecule has 1 unspecified atom stereocenters. The Kier molecular flexibility index (Phi) is 6.88. The lowest BCUT2D eigenvalue weighted by Crippen LogP contribution is -2.32. The second kappa shape index (κ2) is 7.96. The lowest BCUT2D eigenvalue weighted by Gasteiger charge is -2.15. The molecular formula is C12H18ClNOS. The third-order valence-electron chi connectivity index (χ3n) is 2.18. The van der Waals surface area contributed by atoms with Crippen molar-refractivity contribution in [1.82, 2.24) is 5.32 Å². The van der Waals surface area contributed by atoms with E-state index in [0.29, 0.717) is 6.04 Å². The van der Waals surface area contributed by atoms with E-state index in [9.17, 15) is 0 Å². The van der Waals surface area contributed by atoms with Crippen LogP contribution in [0.4, 0.5) is 0 Å². The van der Waals surface area contributed by atoms with Crippen LogP contribution in [0.25, 0.3) is 0 Å². The maximum atomic E-state index is 5.92. The van der Waals surface area contributed by atoms with Gasteiger partial charge in [-0.1, -0.05) is 17.7 Å². The summed E-state index contributed by atoms with van der Waals surface area (Å²) in [4.78, 5) is 1.20.